The van der Waals surface area contributed by atoms with Gasteiger partial charge in [-0.15, -0.1) is 11.3 Å². The van der Waals surface area contributed by atoms with Crippen LogP contribution in [0.2, 0.25) is 0 Å². The lowest BCUT2D eigenvalue weighted by Crippen LogP contribution is -2.29. The van der Waals surface area contributed by atoms with Crippen LogP contribution in [0.4, 0.5) is 5.00 Å². The van der Waals surface area contributed by atoms with Crippen LogP contribution in [0.25, 0.3) is 0 Å². The maximum atomic E-state index is 11.6. The van der Waals surface area contributed by atoms with E-state index in [0.717, 1.165) is 21.8 Å². The monoisotopic (exact) mass is 361 g/mol. The third-order valence-electron chi connectivity index (χ3n) is 3.90. The Hall–Kier alpha value is -2.78. The van der Waals surface area contributed by atoms with Crippen molar-refractivity contribution in [1.29, 1.82) is 0 Å². The third-order valence-corrected chi connectivity index (χ3v) is 5.03. The van der Waals surface area contributed by atoms with Gasteiger partial charge in [0.1, 0.15) is 5.00 Å². The van der Waals surface area contributed by atoms with Crippen LogP contribution in [-0.4, -0.2) is 44.5 Å². The Labute approximate surface area is 146 Å². The number of carbonyl (C=O) groups excluding carboxylic acids is 1. The molecule has 0 aromatic carbocycles. The van der Waals surface area contributed by atoms with Gasteiger partial charge in [-0.2, -0.15) is 0 Å². The molecule has 0 fully saturated rings. The van der Waals surface area contributed by atoms with E-state index in [9.17, 15) is 19.5 Å². The van der Waals surface area contributed by atoms with Gasteiger partial charge >= 0.3 is 17.8 Å². The molecule has 8 nitrogen and oxygen atoms in total. The minimum Gasteiger partial charge on any atom is -0.478 e. The van der Waals surface area contributed by atoms with Crippen molar-refractivity contribution in [2.75, 3.05) is 11.9 Å². The zero-order valence-electron chi connectivity index (χ0n) is 13.1. The van der Waals surface area contributed by atoms with Crippen LogP contribution in [0.5, 0.6) is 0 Å². The molecule has 25 heavy (non-hydrogen) atoms. The standard InChI is InChI=1S/C16H15N3O5S/c20-13(16(23)24)18-14-12(15(21)22)10-3-5-19(8-11(10)25-14)7-9-2-1-4-17-6-9/h1-2,4,6H,3,5,7-8H2,(H,18,20)(H,21,22)(H,23,24). The topological polar surface area (TPSA) is 120 Å². The lowest BCUT2D eigenvalue weighted by atomic mass is 10.0. The highest BCUT2D eigenvalue weighted by atomic mass is 32.1. The molecule has 0 unspecified atom stereocenters. The summed E-state index contributed by atoms with van der Waals surface area (Å²) in [6.45, 7) is 1.90. The zero-order chi connectivity index (χ0) is 18.0. The minimum absolute atomic E-state index is 0.00405. The van der Waals surface area contributed by atoms with Gasteiger partial charge in [0.15, 0.2) is 0 Å². The van der Waals surface area contributed by atoms with Gasteiger partial charge in [0, 0.05) is 36.9 Å². The average molecular weight is 361 g/mol. The van der Waals surface area contributed by atoms with Crippen molar-refractivity contribution >= 4 is 34.2 Å². The van der Waals surface area contributed by atoms with E-state index in [1.807, 2.05) is 12.1 Å². The molecule has 0 spiro atoms. The molecule has 0 bridgehead atoms. The summed E-state index contributed by atoms with van der Waals surface area (Å²) in [5, 5.41) is 20.4. The Bertz CT molecular complexity index is 834. The summed E-state index contributed by atoms with van der Waals surface area (Å²) >= 11 is 1.12. The highest BCUT2D eigenvalue weighted by Crippen LogP contribution is 2.37. The first-order valence-corrected chi connectivity index (χ1v) is 8.30. The molecule has 130 valence electrons. The molecule has 0 saturated heterocycles. The van der Waals surface area contributed by atoms with Gasteiger partial charge in [-0.25, -0.2) is 9.59 Å². The Morgan fingerprint density at radius 1 is 1.32 bits per heavy atom. The first-order valence-electron chi connectivity index (χ1n) is 7.49. The lowest BCUT2D eigenvalue weighted by Gasteiger charge is -2.26. The van der Waals surface area contributed by atoms with Crippen molar-refractivity contribution in [3.05, 3.63) is 46.1 Å². The Balaban J connectivity index is 1.83. The second-order valence-corrected chi connectivity index (χ2v) is 6.70. The van der Waals surface area contributed by atoms with E-state index in [-0.39, 0.29) is 10.6 Å². The van der Waals surface area contributed by atoms with Gasteiger partial charge in [0.25, 0.3) is 0 Å². The molecule has 3 heterocycles. The van der Waals surface area contributed by atoms with Crippen molar-refractivity contribution in [2.45, 2.75) is 19.5 Å². The fourth-order valence-electron chi connectivity index (χ4n) is 2.81. The van der Waals surface area contributed by atoms with Crippen molar-refractivity contribution in [3.63, 3.8) is 0 Å². The third kappa shape index (κ3) is 3.67. The summed E-state index contributed by atoms with van der Waals surface area (Å²) in [5.41, 5.74) is 1.72. The van der Waals surface area contributed by atoms with E-state index in [1.54, 1.807) is 12.4 Å². The Morgan fingerprint density at radius 3 is 2.76 bits per heavy atom. The summed E-state index contributed by atoms with van der Waals surface area (Å²) in [4.78, 5) is 40.7. The van der Waals surface area contributed by atoms with Crippen molar-refractivity contribution in [3.8, 4) is 0 Å². The largest absolute Gasteiger partial charge is 0.478 e. The van der Waals surface area contributed by atoms with Crippen LogP contribution in [0.3, 0.4) is 0 Å². The summed E-state index contributed by atoms with van der Waals surface area (Å²) in [5.74, 6) is -4.06. The maximum absolute atomic E-state index is 11.6. The average Bonchev–Trinajstić information content (AvgIpc) is 2.92. The van der Waals surface area contributed by atoms with Gasteiger partial charge in [-0.05, 0) is 23.6 Å². The number of nitrogens with zero attached hydrogens (tertiary/aromatic N) is 2. The molecule has 1 aliphatic heterocycles. The van der Waals surface area contributed by atoms with Crippen LogP contribution in [0, 0.1) is 0 Å². The maximum Gasteiger partial charge on any atom is 0.394 e. The van der Waals surface area contributed by atoms with Gasteiger partial charge < -0.3 is 15.5 Å². The molecule has 2 aromatic rings. The van der Waals surface area contributed by atoms with Gasteiger partial charge in [-0.3, -0.25) is 14.7 Å². The zero-order valence-corrected chi connectivity index (χ0v) is 13.9. The smallest absolute Gasteiger partial charge is 0.394 e. The second kappa shape index (κ2) is 6.99. The fraction of sp³-hybridized carbons (Fsp3) is 0.250. The number of thiophene rings is 1. The number of fused-ring (bicyclic) bond motifs is 1. The second-order valence-electron chi connectivity index (χ2n) is 5.59. The summed E-state index contributed by atoms with van der Waals surface area (Å²) in [6, 6.07) is 3.83. The highest BCUT2D eigenvalue weighted by molar-refractivity contribution is 7.17. The van der Waals surface area contributed by atoms with Crippen LogP contribution in [0.1, 0.15) is 26.4 Å². The molecule has 1 aliphatic rings. The summed E-state index contributed by atoms with van der Waals surface area (Å²) < 4.78 is 0. The van der Waals surface area contributed by atoms with Gasteiger partial charge in [0.2, 0.25) is 0 Å². The van der Waals surface area contributed by atoms with Crippen LogP contribution >= 0.6 is 11.3 Å². The molecular weight excluding hydrogens is 346 g/mol. The number of carboxylic acid groups (broad SMARTS) is 2. The van der Waals surface area contributed by atoms with E-state index in [2.05, 4.69) is 15.2 Å². The Kier molecular flexibility index (Phi) is 4.77. The van der Waals surface area contributed by atoms with E-state index >= 15 is 0 Å². The number of nitrogens with one attached hydrogen (secondary N) is 1. The van der Waals surface area contributed by atoms with Crippen LogP contribution < -0.4 is 5.32 Å². The summed E-state index contributed by atoms with van der Waals surface area (Å²) in [7, 11) is 0. The normalized spacial score (nSPS) is 13.9. The first-order chi connectivity index (χ1) is 12.0. The van der Waals surface area contributed by atoms with Gasteiger partial charge in [0.05, 0.1) is 5.56 Å². The number of hydrogen-bond donors (Lipinski definition) is 3. The van der Waals surface area contributed by atoms with Crippen LogP contribution in [0.15, 0.2) is 24.5 Å². The molecule has 2 aromatic heterocycles. The first kappa shape index (κ1) is 17.1. The number of hydrogen-bond acceptors (Lipinski definition) is 6. The van der Waals surface area contributed by atoms with E-state index < -0.39 is 17.8 Å². The van der Waals surface area contributed by atoms with E-state index in [1.165, 1.54) is 0 Å². The number of carboxylic acids is 2. The van der Waals surface area contributed by atoms with Crippen molar-refractivity contribution in [1.82, 2.24) is 9.88 Å². The number of aliphatic carboxylic acids is 1. The van der Waals surface area contributed by atoms with Crippen molar-refractivity contribution in [2.24, 2.45) is 0 Å². The molecule has 0 atom stereocenters. The van der Waals surface area contributed by atoms with E-state index in [0.29, 0.717) is 31.6 Å². The summed E-state index contributed by atoms with van der Waals surface area (Å²) in [6.07, 6.45) is 4.01. The molecular formula is C16H15N3O5S. The molecule has 0 radical (unpaired) electrons. The predicted octanol–water partition coefficient (Wildman–Crippen LogP) is 1.42. The SMILES string of the molecule is O=C(O)C(=O)Nc1sc2c(c1C(=O)O)CCN(Cc1cccnc1)C2. The predicted molar refractivity (Wildman–Crippen MR) is 89.6 cm³/mol. The quantitative estimate of drug-likeness (QED) is 0.705. The fourth-order valence-corrected chi connectivity index (χ4v) is 4.09. The number of rotatable bonds is 4. The number of amides is 1. The van der Waals surface area contributed by atoms with Crippen LogP contribution in [-0.2, 0) is 29.1 Å². The number of carbonyl (C=O) groups is 3. The number of aromatic nitrogens is 1. The molecule has 0 saturated carbocycles. The molecule has 3 N–H and O–H groups in total. The molecule has 1 amide bonds. The molecule has 9 heteroatoms. The molecule has 0 aliphatic carbocycles. The van der Waals surface area contributed by atoms with Gasteiger partial charge in [-0.1, -0.05) is 6.07 Å². The molecule has 3 rings (SSSR count). The Morgan fingerprint density at radius 2 is 2.12 bits per heavy atom. The van der Waals surface area contributed by atoms with E-state index in [4.69, 9.17) is 5.11 Å². The minimum atomic E-state index is -1.65. The highest BCUT2D eigenvalue weighted by Gasteiger charge is 2.29. The number of anilines is 1. The lowest BCUT2D eigenvalue weighted by molar-refractivity contribution is -0.147. The van der Waals surface area contributed by atoms with Crippen molar-refractivity contribution < 1.29 is 24.6 Å². The number of pyridine rings is 1. The number of aromatic carboxylic acids is 1.